The number of phenols is 1. The van der Waals surface area contributed by atoms with Crippen molar-refractivity contribution in [2.24, 2.45) is 0 Å². The highest BCUT2D eigenvalue weighted by Crippen LogP contribution is 2.42. The summed E-state index contributed by atoms with van der Waals surface area (Å²) in [5.74, 6) is 0.217. The maximum absolute atomic E-state index is 9.24. The van der Waals surface area contributed by atoms with Crippen LogP contribution in [-0.2, 0) is 0 Å². The molecule has 1 aromatic carbocycles. The average molecular weight is 215 g/mol. The predicted molar refractivity (Wildman–Crippen MR) is 55.1 cm³/mol. The summed E-state index contributed by atoms with van der Waals surface area (Å²) in [7, 11) is 1.58. The third-order valence-corrected chi connectivity index (χ3v) is 3.39. The largest absolute Gasteiger partial charge is 0.508 e. The number of rotatable bonds is 1. The van der Waals surface area contributed by atoms with E-state index in [1.807, 2.05) is 6.07 Å². The first-order valence-electron chi connectivity index (χ1n) is 3.67. The molecule has 0 unspecified atom stereocenters. The minimum Gasteiger partial charge on any atom is -0.508 e. The highest BCUT2D eigenvalue weighted by molar-refractivity contribution is 7.21. The Morgan fingerprint density at radius 3 is 2.92 bits per heavy atom. The Hall–Kier alpha value is -0.930. The molecule has 1 heterocycles. The molecule has 1 aromatic heterocycles. The van der Waals surface area contributed by atoms with Crippen LogP contribution >= 0.6 is 22.9 Å². The van der Waals surface area contributed by atoms with E-state index >= 15 is 0 Å². The zero-order chi connectivity index (χ0) is 9.42. The Labute approximate surface area is 84.3 Å². The van der Waals surface area contributed by atoms with Crippen LogP contribution in [0.1, 0.15) is 0 Å². The number of hydrogen-bond acceptors (Lipinski definition) is 3. The summed E-state index contributed by atoms with van der Waals surface area (Å²) in [5.41, 5.74) is 0. The van der Waals surface area contributed by atoms with E-state index in [1.165, 1.54) is 11.3 Å². The number of benzene rings is 1. The lowest BCUT2D eigenvalue weighted by Gasteiger charge is -1.93. The Balaban J connectivity index is 2.77. The van der Waals surface area contributed by atoms with Crippen LogP contribution in [0.25, 0.3) is 10.1 Å². The first-order chi connectivity index (χ1) is 6.22. The lowest BCUT2D eigenvalue weighted by molar-refractivity contribution is 0.427. The van der Waals surface area contributed by atoms with Gasteiger partial charge in [-0.2, -0.15) is 0 Å². The lowest BCUT2D eigenvalue weighted by Crippen LogP contribution is -1.76. The minimum atomic E-state index is 0.217. The Kier molecular flexibility index (Phi) is 2.06. The molecule has 13 heavy (non-hydrogen) atoms. The van der Waals surface area contributed by atoms with Crippen LogP contribution in [-0.4, -0.2) is 12.2 Å². The van der Waals surface area contributed by atoms with Gasteiger partial charge in [0.05, 0.1) is 7.11 Å². The minimum absolute atomic E-state index is 0.217. The summed E-state index contributed by atoms with van der Waals surface area (Å²) in [4.78, 5) is 0. The number of aromatic hydroxyl groups is 1. The molecule has 0 spiro atoms. The molecule has 1 N–H and O–H groups in total. The molecule has 0 aliphatic rings. The van der Waals surface area contributed by atoms with Gasteiger partial charge in [0.15, 0.2) is 5.06 Å². The molecule has 0 saturated heterocycles. The molecule has 0 bridgehead atoms. The summed E-state index contributed by atoms with van der Waals surface area (Å²) in [6.45, 7) is 0. The van der Waals surface area contributed by atoms with Crippen LogP contribution in [0, 0.1) is 0 Å². The quantitative estimate of drug-likeness (QED) is 0.790. The number of phenolic OH excluding ortho intramolecular Hbond substituents is 1. The molecular weight excluding hydrogens is 208 g/mol. The Morgan fingerprint density at radius 2 is 2.23 bits per heavy atom. The maximum atomic E-state index is 9.24. The van der Waals surface area contributed by atoms with Crippen LogP contribution < -0.4 is 4.74 Å². The number of methoxy groups -OCH3 is 1. The topological polar surface area (TPSA) is 29.5 Å². The van der Waals surface area contributed by atoms with Crippen molar-refractivity contribution in [1.82, 2.24) is 0 Å². The number of hydrogen-bond donors (Lipinski definition) is 1. The fraction of sp³-hybridized carbons (Fsp3) is 0.111. The zero-order valence-electron chi connectivity index (χ0n) is 6.87. The second-order valence-corrected chi connectivity index (χ2v) is 3.98. The van der Waals surface area contributed by atoms with Gasteiger partial charge in [-0.1, -0.05) is 22.9 Å². The molecule has 68 valence electrons. The van der Waals surface area contributed by atoms with E-state index in [2.05, 4.69) is 0 Å². The van der Waals surface area contributed by atoms with Crippen LogP contribution in [0.3, 0.4) is 0 Å². The predicted octanol–water partition coefficient (Wildman–Crippen LogP) is 3.27. The molecular formula is C9H7ClO2S. The van der Waals surface area contributed by atoms with Crippen molar-refractivity contribution in [2.45, 2.75) is 0 Å². The van der Waals surface area contributed by atoms with E-state index in [9.17, 15) is 5.11 Å². The smallest absolute Gasteiger partial charge is 0.193 e. The SMILES string of the molecule is COc1sc2ccc(O)cc2c1Cl. The van der Waals surface area contributed by atoms with Crippen LogP contribution in [0.5, 0.6) is 10.8 Å². The van der Waals surface area contributed by atoms with Crippen molar-refractivity contribution >= 4 is 33.0 Å². The number of ether oxygens (including phenoxy) is 1. The fourth-order valence-corrected chi connectivity index (χ4v) is 2.46. The van der Waals surface area contributed by atoms with E-state index in [0.717, 1.165) is 10.1 Å². The van der Waals surface area contributed by atoms with Crippen LogP contribution in [0.4, 0.5) is 0 Å². The third kappa shape index (κ3) is 1.34. The second kappa shape index (κ2) is 3.09. The van der Waals surface area contributed by atoms with Gasteiger partial charge in [-0.15, -0.1) is 0 Å². The fourth-order valence-electron chi connectivity index (χ4n) is 1.16. The molecule has 2 aromatic rings. The summed E-state index contributed by atoms with van der Waals surface area (Å²) in [6.07, 6.45) is 0. The summed E-state index contributed by atoms with van der Waals surface area (Å²) >= 11 is 7.47. The van der Waals surface area contributed by atoms with E-state index < -0.39 is 0 Å². The number of halogens is 1. The first-order valence-corrected chi connectivity index (χ1v) is 4.87. The van der Waals surface area contributed by atoms with Gasteiger partial charge in [0.1, 0.15) is 10.8 Å². The van der Waals surface area contributed by atoms with Gasteiger partial charge in [0, 0.05) is 10.1 Å². The molecule has 0 aliphatic heterocycles. The highest BCUT2D eigenvalue weighted by atomic mass is 35.5. The van der Waals surface area contributed by atoms with E-state index in [0.29, 0.717) is 10.1 Å². The average Bonchev–Trinajstić information content (AvgIpc) is 2.44. The summed E-state index contributed by atoms with van der Waals surface area (Å²) in [5, 5.41) is 11.3. The van der Waals surface area contributed by atoms with Gasteiger partial charge in [-0.05, 0) is 18.2 Å². The van der Waals surface area contributed by atoms with Crippen molar-refractivity contribution in [3.05, 3.63) is 23.2 Å². The number of thiophene rings is 1. The van der Waals surface area contributed by atoms with E-state index in [1.54, 1.807) is 19.2 Å². The van der Waals surface area contributed by atoms with Crippen LogP contribution in [0.15, 0.2) is 18.2 Å². The Bertz CT molecular complexity index is 450. The van der Waals surface area contributed by atoms with Gasteiger partial charge in [-0.3, -0.25) is 0 Å². The standard InChI is InChI=1S/C9H7ClO2S/c1-12-9-8(10)6-4-5(11)2-3-7(6)13-9/h2-4,11H,1H3. The molecule has 0 fully saturated rings. The highest BCUT2D eigenvalue weighted by Gasteiger charge is 2.10. The molecule has 0 saturated carbocycles. The van der Waals surface area contributed by atoms with Gasteiger partial charge >= 0.3 is 0 Å². The van der Waals surface area contributed by atoms with Crippen molar-refractivity contribution < 1.29 is 9.84 Å². The van der Waals surface area contributed by atoms with Crippen molar-refractivity contribution in [1.29, 1.82) is 0 Å². The molecule has 0 aliphatic carbocycles. The molecule has 2 rings (SSSR count). The van der Waals surface area contributed by atoms with Gasteiger partial charge in [-0.25, -0.2) is 0 Å². The lowest BCUT2D eigenvalue weighted by atomic mass is 10.2. The monoisotopic (exact) mass is 214 g/mol. The third-order valence-electron chi connectivity index (χ3n) is 1.77. The number of fused-ring (bicyclic) bond motifs is 1. The summed E-state index contributed by atoms with van der Waals surface area (Å²) < 4.78 is 6.09. The van der Waals surface area contributed by atoms with Crippen molar-refractivity contribution in [3.8, 4) is 10.8 Å². The summed E-state index contributed by atoms with van der Waals surface area (Å²) in [6, 6.07) is 5.09. The molecule has 0 radical (unpaired) electrons. The molecule has 0 atom stereocenters. The van der Waals surface area contributed by atoms with Gasteiger partial charge in [0.25, 0.3) is 0 Å². The van der Waals surface area contributed by atoms with Crippen molar-refractivity contribution in [3.63, 3.8) is 0 Å². The second-order valence-electron chi connectivity index (χ2n) is 2.59. The Morgan fingerprint density at radius 1 is 1.46 bits per heavy atom. The van der Waals surface area contributed by atoms with Gasteiger partial charge in [0.2, 0.25) is 0 Å². The van der Waals surface area contributed by atoms with E-state index in [4.69, 9.17) is 16.3 Å². The zero-order valence-corrected chi connectivity index (χ0v) is 8.45. The first kappa shape index (κ1) is 8.66. The van der Waals surface area contributed by atoms with Gasteiger partial charge < -0.3 is 9.84 Å². The van der Waals surface area contributed by atoms with Crippen LogP contribution in [0.2, 0.25) is 5.02 Å². The maximum Gasteiger partial charge on any atom is 0.193 e. The molecule has 2 nitrogen and oxygen atoms in total. The van der Waals surface area contributed by atoms with E-state index in [-0.39, 0.29) is 5.75 Å². The molecule has 0 amide bonds. The van der Waals surface area contributed by atoms with Crippen molar-refractivity contribution in [2.75, 3.05) is 7.11 Å². The molecule has 4 heteroatoms. The normalized spacial score (nSPS) is 10.6.